The summed E-state index contributed by atoms with van der Waals surface area (Å²) in [5, 5.41) is 2.30. The number of carbonyl (C=O) groups is 1. The fraction of sp³-hybridized carbons (Fsp3) is 0.118. The number of carbonyl (C=O) groups excluding carboxylic acids is 1. The Balaban J connectivity index is 1.98. The summed E-state index contributed by atoms with van der Waals surface area (Å²) < 4.78 is 5.19. The van der Waals surface area contributed by atoms with Crippen molar-refractivity contribution in [3.63, 3.8) is 0 Å². The van der Waals surface area contributed by atoms with E-state index in [2.05, 4.69) is 18.2 Å². The predicted octanol–water partition coefficient (Wildman–Crippen LogP) is 4.17. The number of fused-ring (bicyclic) bond motifs is 1. The Bertz CT molecular complexity index is 732. The van der Waals surface area contributed by atoms with Crippen LogP contribution in [0.5, 0.6) is 0 Å². The van der Waals surface area contributed by atoms with E-state index in [4.69, 9.17) is 4.42 Å². The predicted molar refractivity (Wildman–Crippen MR) is 75.4 cm³/mol. The standard InChI is InChI=1S/C17H14O2/c1-12-15(9-10-19-12)17(18)11-14-7-4-6-13-5-2-3-8-16(13)14/h2-10H,11H2,1H3. The summed E-state index contributed by atoms with van der Waals surface area (Å²) in [5.74, 6) is 0.785. The van der Waals surface area contributed by atoms with Crippen LogP contribution in [0.1, 0.15) is 21.7 Å². The summed E-state index contributed by atoms with van der Waals surface area (Å²) in [6, 6.07) is 15.9. The zero-order chi connectivity index (χ0) is 13.2. The Labute approximate surface area is 111 Å². The topological polar surface area (TPSA) is 30.2 Å². The largest absolute Gasteiger partial charge is 0.469 e. The maximum Gasteiger partial charge on any atom is 0.170 e. The Morgan fingerprint density at radius 2 is 1.84 bits per heavy atom. The van der Waals surface area contributed by atoms with Gasteiger partial charge in [0, 0.05) is 6.42 Å². The van der Waals surface area contributed by atoms with Gasteiger partial charge in [0.15, 0.2) is 5.78 Å². The molecule has 0 bridgehead atoms. The Morgan fingerprint density at radius 1 is 1.05 bits per heavy atom. The molecule has 0 atom stereocenters. The van der Waals surface area contributed by atoms with Crippen molar-refractivity contribution in [2.24, 2.45) is 0 Å². The third kappa shape index (κ3) is 2.17. The molecule has 3 aromatic rings. The normalized spacial score (nSPS) is 10.8. The molecule has 1 aromatic heterocycles. The quantitative estimate of drug-likeness (QED) is 0.653. The van der Waals surface area contributed by atoms with Gasteiger partial charge in [0.1, 0.15) is 5.76 Å². The molecule has 0 fully saturated rings. The second-order valence-electron chi connectivity index (χ2n) is 4.63. The van der Waals surface area contributed by atoms with E-state index in [1.165, 1.54) is 0 Å². The molecule has 0 aliphatic rings. The lowest BCUT2D eigenvalue weighted by Crippen LogP contribution is -2.04. The van der Waals surface area contributed by atoms with E-state index in [1.807, 2.05) is 31.2 Å². The zero-order valence-corrected chi connectivity index (χ0v) is 10.7. The SMILES string of the molecule is Cc1occc1C(=O)Cc1cccc2ccccc12. The Morgan fingerprint density at radius 3 is 2.63 bits per heavy atom. The van der Waals surface area contributed by atoms with Crippen molar-refractivity contribution in [2.45, 2.75) is 13.3 Å². The lowest BCUT2D eigenvalue weighted by Gasteiger charge is -2.05. The molecule has 1 heterocycles. The molecule has 0 saturated carbocycles. The summed E-state index contributed by atoms with van der Waals surface area (Å²) >= 11 is 0. The van der Waals surface area contributed by atoms with Crippen molar-refractivity contribution in [1.29, 1.82) is 0 Å². The molecular formula is C17H14O2. The summed E-state index contributed by atoms with van der Waals surface area (Å²) in [6.07, 6.45) is 1.97. The minimum Gasteiger partial charge on any atom is -0.469 e. The van der Waals surface area contributed by atoms with Gasteiger partial charge in [-0.15, -0.1) is 0 Å². The molecule has 0 unspecified atom stereocenters. The number of ketones is 1. The van der Waals surface area contributed by atoms with Gasteiger partial charge in [-0.05, 0) is 29.3 Å². The summed E-state index contributed by atoms with van der Waals surface area (Å²) in [6.45, 7) is 1.82. The number of aryl methyl sites for hydroxylation is 1. The van der Waals surface area contributed by atoms with Gasteiger partial charge >= 0.3 is 0 Å². The molecule has 0 aliphatic carbocycles. The highest BCUT2D eigenvalue weighted by Crippen LogP contribution is 2.21. The van der Waals surface area contributed by atoms with Crippen molar-refractivity contribution < 1.29 is 9.21 Å². The summed E-state index contributed by atoms with van der Waals surface area (Å²) in [4.78, 5) is 12.3. The average Bonchev–Trinajstić information content (AvgIpc) is 2.85. The minimum atomic E-state index is 0.0996. The van der Waals surface area contributed by atoms with E-state index in [0.717, 1.165) is 16.3 Å². The van der Waals surface area contributed by atoms with Crippen LogP contribution in [-0.4, -0.2) is 5.78 Å². The molecule has 0 amide bonds. The maximum absolute atomic E-state index is 12.3. The molecule has 94 valence electrons. The monoisotopic (exact) mass is 250 g/mol. The number of rotatable bonds is 3. The highest BCUT2D eigenvalue weighted by atomic mass is 16.3. The van der Waals surface area contributed by atoms with Gasteiger partial charge in [-0.25, -0.2) is 0 Å². The van der Waals surface area contributed by atoms with Gasteiger partial charge in [-0.2, -0.15) is 0 Å². The van der Waals surface area contributed by atoms with Crippen LogP contribution in [0.25, 0.3) is 10.8 Å². The molecule has 0 spiro atoms. The van der Waals surface area contributed by atoms with Crippen LogP contribution in [0.15, 0.2) is 59.2 Å². The maximum atomic E-state index is 12.3. The third-order valence-electron chi connectivity index (χ3n) is 3.39. The van der Waals surface area contributed by atoms with Crippen molar-refractivity contribution in [2.75, 3.05) is 0 Å². The van der Waals surface area contributed by atoms with Gasteiger partial charge in [0.2, 0.25) is 0 Å². The van der Waals surface area contributed by atoms with E-state index in [-0.39, 0.29) is 5.78 Å². The Kier molecular flexibility index (Phi) is 2.92. The number of Topliss-reactive ketones (excluding diaryl/α,β-unsaturated/α-hetero) is 1. The molecule has 19 heavy (non-hydrogen) atoms. The smallest absolute Gasteiger partial charge is 0.170 e. The molecule has 0 radical (unpaired) electrons. The van der Waals surface area contributed by atoms with Gasteiger partial charge in [-0.3, -0.25) is 4.79 Å². The first-order valence-electron chi connectivity index (χ1n) is 6.29. The second kappa shape index (κ2) is 4.73. The third-order valence-corrected chi connectivity index (χ3v) is 3.39. The number of benzene rings is 2. The Hall–Kier alpha value is -2.35. The highest BCUT2D eigenvalue weighted by molar-refractivity contribution is 6.00. The molecule has 2 heteroatoms. The molecule has 2 nitrogen and oxygen atoms in total. The first kappa shape index (κ1) is 11.7. The number of hydrogen-bond acceptors (Lipinski definition) is 2. The highest BCUT2D eigenvalue weighted by Gasteiger charge is 2.13. The zero-order valence-electron chi connectivity index (χ0n) is 10.7. The van der Waals surface area contributed by atoms with Crippen LogP contribution < -0.4 is 0 Å². The lowest BCUT2D eigenvalue weighted by atomic mass is 9.98. The second-order valence-corrected chi connectivity index (χ2v) is 4.63. The van der Waals surface area contributed by atoms with Crippen LogP contribution in [0.4, 0.5) is 0 Å². The average molecular weight is 250 g/mol. The molecule has 0 aliphatic heterocycles. The molecule has 0 saturated heterocycles. The molecule has 0 N–H and O–H groups in total. The van der Waals surface area contributed by atoms with Gasteiger partial charge in [-0.1, -0.05) is 42.5 Å². The van der Waals surface area contributed by atoms with Crippen molar-refractivity contribution >= 4 is 16.6 Å². The van der Waals surface area contributed by atoms with Gasteiger partial charge < -0.3 is 4.42 Å². The first-order valence-corrected chi connectivity index (χ1v) is 6.29. The van der Waals surface area contributed by atoms with Crippen molar-refractivity contribution in [1.82, 2.24) is 0 Å². The van der Waals surface area contributed by atoms with Gasteiger partial charge in [0.25, 0.3) is 0 Å². The van der Waals surface area contributed by atoms with Crippen LogP contribution >= 0.6 is 0 Å². The van der Waals surface area contributed by atoms with E-state index in [0.29, 0.717) is 17.7 Å². The molecular weight excluding hydrogens is 236 g/mol. The molecule has 3 rings (SSSR count). The van der Waals surface area contributed by atoms with Crippen molar-refractivity contribution in [3.8, 4) is 0 Å². The van der Waals surface area contributed by atoms with E-state index >= 15 is 0 Å². The number of furan rings is 1. The fourth-order valence-electron chi connectivity index (χ4n) is 2.39. The van der Waals surface area contributed by atoms with Crippen LogP contribution in [0.2, 0.25) is 0 Å². The number of hydrogen-bond donors (Lipinski definition) is 0. The van der Waals surface area contributed by atoms with Crippen LogP contribution in [-0.2, 0) is 6.42 Å². The van der Waals surface area contributed by atoms with E-state index in [9.17, 15) is 4.79 Å². The minimum absolute atomic E-state index is 0.0996. The summed E-state index contributed by atoms with van der Waals surface area (Å²) in [7, 11) is 0. The fourth-order valence-corrected chi connectivity index (χ4v) is 2.39. The van der Waals surface area contributed by atoms with E-state index < -0.39 is 0 Å². The van der Waals surface area contributed by atoms with E-state index in [1.54, 1.807) is 12.3 Å². The first-order chi connectivity index (χ1) is 9.25. The van der Waals surface area contributed by atoms with Crippen LogP contribution in [0.3, 0.4) is 0 Å². The van der Waals surface area contributed by atoms with Gasteiger partial charge in [0.05, 0.1) is 11.8 Å². The molecule has 2 aromatic carbocycles. The van der Waals surface area contributed by atoms with Crippen LogP contribution in [0, 0.1) is 6.92 Å². The summed E-state index contributed by atoms with van der Waals surface area (Å²) in [5.41, 5.74) is 1.73. The van der Waals surface area contributed by atoms with Crippen molar-refractivity contribution in [3.05, 3.63) is 71.7 Å². The lowest BCUT2D eigenvalue weighted by molar-refractivity contribution is 0.0992.